The average molecular weight is 362 g/mol. The van der Waals surface area contributed by atoms with Gasteiger partial charge in [0.25, 0.3) is 0 Å². The van der Waals surface area contributed by atoms with Gasteiger partial charge in [-0.2, -0.15) is 0 Å². The minimum absolute atomic E-state index is 0.202. The third-order valence-electron chi connectivity index (χ3n) is 2.32. The van der Waals surface area contributed by atoms with Gasteiger partial charge in [0, 0.05) is 24.2 Å². The van der Waals surface area contributed by atoms with Gasteiger partial charge in [-0.25, -0.2) is 9.59 Å². The molecule has 0 atom stereocenters. The maximum atomic E-state index is 11.6. The van der Waals surface area contributed by atoms with Crippen LogP contribution in [0.15, 0.2) is 18.2 Å². The monoisotopic (exact) mass is 362 g/mol. The van der Waals surface area contributed by atoms with E-state index in [1.165, 1.54) is 12.0 Å². The second kappa shape index (κ2) is 6.58. The summed E-state index contributed by atoms with van der Waals surface area (Å²) in [6.45, 7) is 0. The van der Waals surface area contributed by atoms with Gasteiger partial charge in [-0.3, -0.25) is 0 Å². The predicted octanol–water partition coefficient (Wildman–Crippen LogP) is 2.50. The van der Waals surface area contributed by atoms with Crippen LogP contribution in [0.4, 0.5) is 10.5 Å². The van der Waals surface area contributed by atoms with Crippen molar-refractivity contribution in [1.82, 2.24) is 4.90 Å². The van der Waals surface area contributed by atoms with Crippen molar-refractivity contribution in [2.75, 3.05) is 26.5 Å². The van der Waals surface area contributed by atoms with Crippen molar-refractivity contribution in [3.05, 3.63) is 29.3 Å². The SMILES string of the molecule is COC(=O)c1ccc(NC(=O)N(C)C)c(CI)c1. The Balaban J connectivity index is 3.00. The molecule has 18 heavy (non-hydrogen) atoms. The van der Waals surface area contributed by atoms with Crippen molar-refractivity contribution in [2.45, 2.75) is 4.43 Å². The van der Waals surface area contributed by atoms with E-state index in [9.17, 15) is 9.59 Å². The summed E-state index contributed by atoms with van der Waals surface area (Å²) in [6, 6.07) is 4.87. The Morgan fingerprint density at radius 3 is 2.56 bits per heavy atom. The van der Waals surface area contributed by atoms with Crippen molar-refractivity contribution >= 4 is 40.3 Å². The lowest BCUT2D eigenvalue weighted by Crippen LogP contribution is -2.27. The second-order valence-electron chi connectivity index (χ2n) is 3.82. The molecule has 0 fully saturated rings. The van der Waals surface area contributed by atoms with Crippen LogP contribution in [0.2, 0.25) is 0 Å². The minimum atomic E-state index is -0.383. The summed E-state index contributed by atoms with van der Waals surface area (Å²) in [4.78, 5) is 24.4. The van der Waals surface area contributed by atoms with Crippen LogP contribution >= 0.6 is 22.6 Å². The molecule has 1 aromatic rings. The molecule has 0 bridgehead atoms. The number of urea groups is 1. The maximum Gasteiger partial charge on any atom is 0.337 e. The van der Waals surface area contributed by atoms with E-state index in [4.69, 9.17) is 0 Å². The normalized spacial score (nSPS) is 9.78. The van der Waals surface area contributed by atoms with E-state index in [1.807, 2.05) is 0 Å². The first kappa shape index (κ1) is 14.7. The molecule has 2 amide bonds. The lowest BCUT2D eigenvalue weighted by molar-refractivity contribution is 0.0600. The molecule has 0 aliphatic rings. The zero-order chi connectivity index (χ0) is 13.7. The summed E-state index contributed by atoms with van der Waals surface area (Å²) in [5.74, 6) is -0.383. The van der Waals surface area contributed by atoms with Gasteiger partial charge < -0.3 is 15.0 Å². The number of halogens is 1. The molecular weight excluding hydrogens is 347 g/mol. The number of nitrogens with one attached hydrogen (secondary N) is 1. The maximum absolute atomic E-state index is 11.6. The van der Waals surface area contributed by atoms with E-state index in [1.54, 1.807) is 32.3 Å². The molecule has 0 heterocycles. The van der Waals surface area contributed by atoms with Crippen molar-refractivity contribution in [3.8, 4) is 0 Å². The van der Waals surface area contributed by atoms with Gasteiger partial charge in [-0.1, -0.05) is 22.6 Å². The summed E-state index contributed by atoms with van der Waals surface area (Å²) < 4.78 is 5.34. The van der Waals surface area contributed by atoms with Gasteiger partial charge in [0.05, 0.1) is 12.7 Å². The van der Waals surface area contributed by atoms with E-state index in [0.29, 0.717) is 15.7 Å². The second-order valence-corrected chi connectivity index (χ2v) is 4.58. The van der Waals surface area contributed by atoms with Gasteiger partial charge >= 0.3 is 12.0 Å². The van der Waals surface area contributed by atoms with E-state index >= 15 is 0 Å². The fourth-order valence-electron chi connectivity index (χ4n) is 1.30. The molecule has 0 saturated heterocycles. The number of carbonyl (C=O) groups excluding carboxylic acids is 2. The summed E-state index contributed by atoms with van der Waals surface area (Å²) >= 11 is 2.18. The number of hydrogen-bond acceptors (Lipinski definition) is 3. The molecule has 0 unspecified atom stereocenters. The topological polar surface area (TPSA) is 58.6 Å². The molecule has 0 aliphatic heterocycles. The zero-order valence-electron chi connectivity index (χ0n) is 10.5. The average Bonchev–Trinajstić information content (AvgIpc) is 2.37. The molecule has 6 heteroatoms. The van der Waals surface area contributed by atoms with Gasteiger partial charge in [-0.15, -0.1) is 0 Å². The lowest BCUT2D eigenvalue weighted by atomic mass is 10.1. The summed E-state index contributed by atoms with van der Waals surface area (Å²) in [6.07, 6.45) is 0. The minimum Gasteiger partial charge on any atom is -0.465 e. The molecule has 1 aromatic carbocycles. The Hall–Kier alpha value is -1.31. The van der Waals surface area contributed by atoms with Gasteiger partial charge in [0.1, 0.15) is 0 Å². The quantitative estimate of drug-likeness (QED) is 0.511. The summed E-state index contributed by atoms with van der Waals surface area (Å²) in [5.41, 5.74) is 2.07. The molecule has 0 saturated carbocycles. The Morgan fingerprint density at radius 2 is 2.06 bits per heavy atom. The number of rotatable bonds is 3. The van der Waals surface area contributed by atoms with Crippen LogP contribution < -0.4 is 5.32 Å². The molecule has 0 spiro atoms. The molecule has 0 aromatic heterocycles. The summed E-state index contributed by atoms with van der Waals surface area (Å²) in [5, 5.41) is 2.78. The van der Waals surface area contributed by atoms with Crippen LogP contribution in [0.25, 0.3) is 0 Å². The van der Waals surface area contributed by atoms with Crippen LogP contribution in [-0.2, 0) is 9.16 Å². The molecule has 98 valence electrons. The number of nitrogens with zero attached hydrogens (tertiary/aromatic N) is 1. The van der Waals surface area contributed by atoms with Gasteiger partial charge in [-0.05, 0) is 23.8 Å². The molecule has 1 N–H and O–H groups in total. The first-order valence-corrected chi connectivity index (χ1v) is 6.77. The standard InChI is InChI=1S/C12H15IN2O3/c1-15(2)12(17)14-10-5-4-8(11(16)18-3)6-9(10)7-13/h4-6H,7H2,1-3H3,(H,14,17). The highest BCUT2D eigenvalue weighted by Gasteiger charge is 2.11. The fraction of sp³-hybridized carbons (Fsp3) is 0.333. The van der Waals surface area contributed by atoms with E-state index in [-0.39, 0.29) is 12.0 Å². The predicted molar refractivity (Wildman–Crippen MR) is 78.2 cm³/mol. The first-order chi connectivity index (χ1) is 8.49. The number of carbonyl (C=O) groups is 2. The van der Waals surface area contributed by atoms with Gasteiger partial charge in [0.2, 0.25) is 0 Å². The number of methoxy groups -OCH3 is 1. The first-order valence-electron chi connectivity index (χ1n) is 5.25. The van der Waals surface area contributed by atoms with Crippen molar-refractivity contribution < 1.29 is 14.3 Å². The number of ether oxygens (including phenoxy) is 1. The number of esters is 1. The van der Waals surface area contributed by atoms with Crippen molar-refractivity contribution in [3.63, 3.8) is 0 Å². The highest BCUT2D eigenvalue weighted by atomic mass is 127. The number of benzene rings is 1. The number of hydrogen-bond donors (Lipinski definition) is 1. The van der Waals surface area contributed by atoms with E-state index in [2.05, 4.69) is 32.6 Å². The van der Waals surface area contributed by atoms with Crippen LogP contribution in [0.1, 0.15) is 15.9 Å². The third-order valence-corrected chi connectivity index (χ3v) is 3.14. The fourth-order valence-corrected chi connectivity index (χ4v) is 1.93. The Bertz CT molecular complexity index is 461. The highest BCUT2D eigenvalue weighted by molar-refractivity contribution is 14.1. The Kier molecular flexibility index (Phi) is 5.39. The molecular formula is C12H15IN2O3. The molecule has 0 aliphatic carbocycles. The number of alkyl halides is 1. The van der Waals surface area contributed by atoms with E-state index < -0.39 is 0 Å². The molecule has 1 rings (SSSR count). The van der Waals surface area contributed by atoms with E-state index in [0.717, 1.165) is 5.56 Å². The highest BCUT2D eigenvalue weighted by Crippen LogP contribution is 2.21. The van der Waals surface area contributed by atoms with Crippen LogP contribution in [0, 0.1) is 0 Å². The Morgan fingerprint density at radius 1 is 1.39 bits per heavy atom. The zero-order valence-corrected chi connectivity index (χ0v) is 12.6. The smallest absolute Gasteiger partial charge is 0.337 e. The lowest BCUT2D eigenvalue weighted by Gasteiger charge is -2.14. The van der Waals surface area contributed by atoms with Gasteiger partial charge in [0.15, 0.2) is 0 Å². The van der Waals surface area contributed by atoms with Crippen molar-refractivity contribution in [1.29, 1.82) is 0 Å². The third kappa shape index (κ3) is 3.59. The Labute approximate surface area is 120 Å². The van der Waals surface area contributed by atoms with Crippen molar-refractivity contribution in [2.24, 2.45) is 0 Å². The van der Waals surface area contributed by atoms with Crippen LogP contribution in [-0.4, -0.2) is 38.1 Å². The van der Waals surface area contributed by atoms with Crippen LogP contribution in [0.5, 0.6) is 0 Å². The molecule has 5 nitrogen and oxygen atoms in total. The molecule has 0 radical (unpaired) electrons. The van der Waals surface area contributed by atoms with Crippen LogP contribution in [0.3, 0.4) is 0 Å². The largest absolute Gasteiger partial charge is 0.465 e. The summed E-state index contributed by atoms with van der Waals surface area (Å²) in [7, 11) is 4.68. The number of anilines is 1. The number of amides is 2.